The molecule has 4 rings (SSSR count). The van der Waals surface area contributed by atoms with E-state index in [2.05, 4.69) is 20.5 Å². The van der Waals surface area contributed by atoms with Crippen molar-refractivity contribution in [2.24, 2.45) is 0 Å². The van der Waals surface area contributed by atoms with Crippen LogP contribution in [0.1, 0.15) is 15.9 Å². The Morgan fingerprint density at radius 2 is 2.04 bits per heavy atom. The van der Waals surface area contributed by atoms with Crippen LogP contribution in [0.25, 0.3) is 11.3 Å². The van der Waals surface area contributed by atoms with Crippen LogP contribution in [0.3, 0.4) is 0 Å². The van der Waals surface area contributed by atoms with Gasteiger partial charge in [0.05, 0.1) is 19.0 Å². The average molecular weight is 348 g/mol. The Kier molecular flexibility index (Phi) is 3.85. The zero-order valence-electron chi connectivity index (χ0n) is 14.2. The average Bonchev–Trinajstić information content (AvgIpc) is 3.30. The highest BCUT2D eigenvalue weighted by Crippen LogP contribution is 2.17. The smallest absolute Gasteiger partial charge is 0.258 e. The zero-order valence-corrected chi connectivity index (χ0v) is 14.2. The number of ether oxygens (including phenoxy) is 1. The van der Waals surface area contributed by atoms with E-state index in [4.69, 9.17) is 4.74 Å². The van der Waals surface area contributed by atoms with Gasteiger partial charge in [-0.25, -0.2) is 9.20 Å². The number of carbonyl (C=O) groups excluding carboxylic acids is 1. The first-order chi connectivity index (χ1) is 12.6. The number of pyridine rings is 1. The predicted molar refractivity (Wildman–Crippen MR) is 95.8 cm³/mol. The maximum absolute atomic E-state index is 12.4. The van der Waals surface area contributed by atoms with Crippen LogP contribution in [0.15, 0.2) is 55.0 Å². The molecule has 0 unspecified atom stereocenters. The van der Waals surface area contributed by atoms with Crippen LogP contribution in [0, 0.1) is 6.92 Å². The summed E-state index contributed by atoms with van der Waals surface area (Å²) in [6.45, 7) is 1.97. The van der Waals surface area contributed by atoms with Crippen molar-refractivity contribution in [3.8, 4) is 11.4 Å². The summed E-state index contributed by atoms with van der Waals surface area (Å²) < 4.78 is 8.47. The van der Waals surface area contributed by atoms with Gasteiger partial charge in [0.15, 0.2) is 5.65 Å². The molecule has 0 bridgehead atoms. The van der Waals surface area contributed by atoms with Gasteiger partial charge in [0, 0.05) is 18.0 Å². The van der Waals surface area contributed by atoms with Gasteiger partial charge in [-0.3, -0.25) is 10.1 Å². The third-order valence-corrected chi connectivity index (χ3v) is 3.98. The fourth-order valence-corrected chi connectivity index (χ4v) is 2.63. The Labute approximate surface area is 149 Å². The SMILES string of the molecule is COc1ccc(C(=O)Nc2nc3cc(C)c(-n4cccn4)cn3n2)cc1. The third kappa shape index (κ3) is 2.88. The van der Waals surface area contributed by atoms with E-state index in [1.54, 1.807) is 46.8 Å². The molecule has 0 spiro atoms. The molecule has 26 heavy (non-hydrogen) atoms. The highest BCUT2D eigenvalue weighted by Gasteiger charge is 2.12. The van der Waals surface area contributed by atoms with E-state index < -0.39 is 0 Å². The number of hydrogen-bond acceptors (Lipinski definition) is 5. The van der Waals surface area contributed by atoms with E-state index in [0.29, 0.717) is 17.0 Å². The minimum atomic E-state index is -0.285. The van der Waals surface area contributed by atoms with Gasteiger partial charge < -0.3 is 4.74 Å². The largest absolute Gasteiger partial charge is 0.497 e. The van der Waals surface area contributed by atoms with Gasteiger partial charge in [-0.05, 0) is 48.9 Å². The van der Waals surface area contributed by atoms with Crippen molar-refractivity contribution < 1.29 is 9.53 Å². The molecule has 1 amide bonds. The molecule has 0 aliphatic heterocycles. The molecule has 1 aromatic carbocycles. The molecular formula is C18H16N6O2. The molecule has 3 aromatic heterocycles. The summed E-state index contributed by atoms with van der Waals surface area (Å²) in [5.41, 5.74) is 3.03. The van der Waals surface area contributed by atoms with Crippen LogP contribution in [-0.4, -0.2) is 37.4 Å². The van der Waals surface area contributed by atoms with E-state index in [1.807, 2.05) is 31.5 Å². The predicted octanol–water partition coefficient (Wildman–Crippen LogP) is 2.48. The van der Waals surface area contributed by atoms with Gasteiger partial charge >= 0.3 is 0 Å². The number of nitrogens with one attached hydrogen (secondary N) is 1. The van der Waals surface area contributed by atoms with Crippen molar-refractivity contribution in [3.63, 3.8) is 0 Å². The van der Waals surface area contributed by atoms with Gasteiger partial charge in [-0.1, -0.05) is 0 Å². The van der Waals surface area contributed by atoms with Crippen molar-refractivity contribution in [2.45, 2.75) is 6.92 Å². The van der Waals surface area contributed by atoms with Gasteiger partial charge in [0.25, 0.3) is 5.91 Å². The Morgan fingerprint density at radius 1 is 1.23 bits per heavy atom. The van der Waals surface area contributed by atoms with Crippen LogP contribution in [0.4, 0.5) is 5.95 Å². The quantitative estimate of drug-likeness (QED) is 0.612. The maximum Gasteiger partial charge on any atom is 0.258 e. The molecule has 4 aromatic rings. The Hall–Kier alpha value is -3.68. The first-order valence-corrected chi connectivity index (χ1v) is 7.96. The highest BCUT2D eigenvalue weighted by molar-refractivity contribution is 6.03. The second kappa shape index (κ2) is 6.32. The van der Waals surface area contributed by atoms with Crippen molar-refractivity contribution in [2.75, 3.05) is 12.4 Å². The van der Waals surface area contributed by atoms with Crippen LogP contribution >= 0.6 is 0 Å². The maximum atomic E-state index is 12.4. The van der Waals surface area contributed by atoms with Gasteiger partial charge in [-0.15, -0.1) is 5.10 Å². The summed E-state index contributed by atoms with van der Waals surface area (Å²) >= 11 is 0. The van der Waals surface area contributed by atoms with Crippen molar-refractivity contribution in [1.82, 2.24) is 24.4 Å². The van der Waals surface area contributed by atoms with Crippen LogP contribution in [0.2, 0.25) is 0 Å². The molecule has 8 nitrogen and oxygen atoms in total. The molecule has 0 aliphatic carbocycles. The third-order valence-electron chi connectivity index (χ3n) is 3.98. The highest BCUT2D eigenvalue weighted by atomic mass is 16.5. The Bertz CT molecular complexity index is 1070. The number of amides is 1. The Balaban J connectivity index is 1.61. The van der Waals surface area contributed by atoms with Gasteiger partial charge in [0.1, 0.15) is 5.75 Å². The number of anilines is 1. The summed E-state index contributed by atoms with van der Waals surface area (Å²) in [5, 5.41) is 11.3. The number of benzene rings is 1. The second-order valence-corrected chi connectivity index (χ2v) is 5.71. The summed E-state index contributed by atoms with van der Waals surface area (Å²) in [6.07, 6.45) is 5.40. The van der Waals surface area contributed by atoms with Gasteiger partial charge in [-0.2, -0.15) is 10.1 Å². The van der Waals surface area contributed by atoms with Crippen molar-refractivity contribution >= 4 is 17.5 Å². The summed E-state index contributed by atoms with van der Waals surface area (Å²) in [6, 6.07) is 10.6. The molecule has 0 aliphatic rings. The Morgan fingerprint density at radius 3 is 2.73 bits per heavy atom. The molecule has 0 saturated carbocycles. The van der Waals surface area contributed by atoms with E-state index in [0.717, 1.165) is 11.3 Å². The number of carbonyl (C=O) groups is 1. The first kappa shape index (κ1) is 15.8. The summed E-state index contributed by atoms with van der Waals surface area (Å²) in [4.78, 5) is 16.7. The topological polar surface area (TPSA) is 86.3 Å². The summed E-state index contributed by atoms with van der Waals surface area (Å²) in [5.74, 6) is 0.643. The van der Waals surface area contributed by atoms with E-state index in [9.17, 15) is 4.79 Å². The molecule has 0 radical (unpaired) electrons. The van der Waals surface area contributed by atoms with Crippen LogP contribution < -0.4 is 10.1 Å². The van der Waals surface area contributed by atoms with Crippen LogP contribution in [-0.2, 0) is 0 Å². The number of hydrogen-bond donors (Lipinski definition) is 1. The number of aromatic nitrogens is 5. The van der Waals surface area contributed by atoms with Crippen LogP contribution in [0.5, 0.6) is 5.75 Å². The minimum Gasteiger partial charge on any atom is -0.497 e. The lowest BCUT2D eigenvalue weighted by atomic mass is 10.2. The standard InChI is InChI=1S/C18H16N6O2/c1-12-10-16-20-18(21-17(25)13-4-6-14(26-2)7-5-13)22-24(16)11-15(12)23-9-3-8-19-23/h3-11H,1-2H3,(H,21,22,25). The lowest BCUT2D eigenvalue weighted by Gasteiger charge is -2.05. The molecule has 0 atom stereocenters. The molecule has 8 heteroatoms. The van der Waals surface area contributed by atoms with E-state index in [-0.39, 0.29) is 11.9 Å². The zero-order chi connectivity index (χ0) is 18.1. The fourth-order valence-electron chi connectivity index (χ4n) is 2.63. The fraction of sp³-hybridized carbons (Fsp3) is 0.111. The lowest BCUT2D eigenvalue weighted by molar-refractivity contribution is 0.102. The summed E-state index contributed by atoms with van der Waals surface area (Å²) in [7, 11) is 1.58. The molecule has 1 N–H and O–H groups in total. The van der Waals surface area contributed by atoms with Crippen molar-refractivity contribution in [3.05, 3.63) is 66.1 Å². The monoisotopic (exact) mass is 348 g/mol. The second-order valence-electron chi connectivity index (χ2n) is 5.71. The number of methoxy groups -OCH3 is 1. The molecular weight excluding hydrogens is 332 g/mol. The normalized spacial score (nSPS) is 10.8. The first-order valence-electron chi connectivity index (χ1n) is 7.96. The van der Waals surface area contributed by atoms with Gasteiger partial charge in [0.2, 0.25) is 5.95 Å². The number of fused-ring (bicyclic) bond motifs is 1. The molecule has 0 fully saturated rings. The molecule has 0 saturated heterocycles. The van der Waals surface area contributed by atoms with E-state index in [1.165, 1.54) is 0 Å². The lowest BCUT2D eigenvalue weighted by Crippen LogP contribution is -2.13. The molecule has 130 valence electrons. The number of rotatable bonds is 4. The minimum absolute atomic E-state index is 0.239. The van der Waals surface area contributed by atoms with E-state index >= 15 is 0 Å². The number of aryl methyl sites for hydroxylation is 1. The number of nitrogens with zero attached hydrogens (tertiary/aromatic N) is 5. The van der Waals surface area contributed by atoms with Crippen molar-refractivity contribution in [1.29, 1.82) is 0 Å². The molecule has 3 heterocycles.